The third kappa shape index (κ3) is 1.88. The zero-order chi connectivity index (χ0) is 10.8. The van der Waals surface area contributed by atoms with Gasteiger partial charge in [-0.3, -0.25) is 0 Å². The van der Waals surface area contributed by atoms with E-state index in [1.807, 2.05) is 7.05 Å². The third-order valence-corrected chi connectivity index (χ3v) is 2.69. The van der Waals surface area contributed by atoms with Gasteiger partial charge in [0.2, 0.25) is 0 Å². The molecule has 15 heavy (non-hydrogen) atoms. The number of pyridine rings is 1. The van der Waals surface area contributed by atoms with E-state index >= 15 is 0 Å². The summed E-state index contributed by atoms with van der Waals surface area (Å²) in [6, 6.07) is 4.24. The number of rotatable bonds is 3. The van der Waals surface area contributed by atoms with Crippen LogP contribution in [0.2, 0.25) is 0 Å². The monoisotopic (exact) mass is 203 g/mol. The van der Waals surface area contributed by atoms with Crippen molar-refractivity contribution in [1.82, 2.24) is 14.7 Å². The van der Waals surface area contributed by atoms with Crippen molar-refractivity contribution in [3.63, 3.8) is 0 Å². The SMILES string of the molecule is CNCCc1c(C)nc2cc(C)ccn12. The minimum Gasteiger partial charge on any atom is -0.319 e. The first-order valence-electron chi connectivity index (χ1n) is 5.31. The van der Waals surface area contributed by atoms with Crippen LogP contribution in [0.3, 0.4) is 0 Å². The molecule has 0 fully saturated rings. The Morgan fingerprint density at radius 1 is 1.40 bits per heavy atom. The second kappa shape index (κ2) is 4.03. The van der Waals surface area contributed by atoms with E-state index in [1.54, 1.807) is 0 Å². The van der Waals surface area contributed by atoms with Crippen molar-refractivity contribution in [2.24, 2.45) is 0 Å². The van der Waals surface area contributed by atoms with Gasteiger partial charge in [0.25, 0.3) is 0 Å². The Morgan fingerprint density at radius 2 is 2.20 bits per heavy atom. The molecule has 2 aromatic heterocycles. The maximum Gasteiger partial charge on any atom is 0.137 e. The standard InChI is InChI=1S/C12H17N3/c1-9-5-7-15-11(4-6-13-3)10(2)14-12(15)8-9/h5,7-8,13H,4,6H2,1-3H3. The van der Waals surface area contributed by atoms with Crippen LogP contribution < -0.4 is 5.32 Å². The van der Waals surface area contributed by atoms with Crippen LogP contribution in [0.25, 0.3) is 5.65 Å². The Kier molecular flexibility index (Phi) is 2.73. The van der Waals surface area contributed by atoms with Gasteiger partial charge in [-0.2, -0.15) is 0 Å². The van der Waals surface area contributed by atoms with Gasteiger partial charge in [0.05, 0.1) is 5.69 Å². The molecule has 0 bridgehead atoms. The van der Waals surface area contributed by atoms with Crippen LogP contribution >= 0.6 is 0 Å². The largest absolute Gasteiger partial charge is 0.319 e. The summed E-state index contributed by atoms with van der Waals surface area (Å²) in [5.74, 6) is 0. The van der Waals surface area contributed by atoms with Crippen LogP contribution in [0.5, 0.6) is 0 Å². The zero-order valence-electron chi connectivity index (χ0n) is 9.54. The maximum absolute atomic E-state index is 4.56. The minimum absolute atomic E-state index is 0.989. The Bertz CT molecular complexity index is 471. The summed E-state index contributed by atoms with van der Waals surface area (Å²) in [4.78, 5) is 4.56. The van der Waals surface area contributed by atoms with E-state index in [0.29, 0.717) is 0 Å². The van der Waals surface area contributed by atoms with Crippen LogP contribution in [0, 0.1) is 13.8 Å². The number of aryl methyl sites for hydroxylation is 2. The van der Waals surface area contributed by atoms with E-state index in [2.05, 4.69) is 46.9 Å². The smallest absolute Gasteiger partial charge is 0.137 e. The van der Waals surface area contributed by atoms with Crippen molar-refractivity contribution in [3.05, 3.63) is 35.3 Å². The number of nitrogens with one attached hydrogen (secondary N) is 1. The summed E-state index contributed by atoms with van der Waals surface area (Å²) < 4.78 is 2.18. The highest BCUT2D eigenvalue weighted by Crippen LogP contribution is 2.13. The molecule has 0 aromatic carbocycles. The minimum atomic E-state index is 0.989. The number of hydrogen-bond acceptors (Lipinski definition) is 2. The van der Waals surface area contributed by atoms with Gasteiger partial charge in [0.1, 0.15) is 5.65 Å². The van der Waals surface area contributed by atoms with Crippen molar-refractivity contribution in [1.29, 1.82) is 0 Å². The molecular formula is C12H17N3. The van der Waals surface area contributed by atoms with Gasteiger partial charge in [-0.25, -0.2) is 4.98 Å². The van der Waals surface area contributed by atoms with E-state index in [0.717, 1.165) is 24.3 Å². The summed E-state index contributed by atoms with van der Waals surface area (Å²) in [5, 5.41) is 3.17. The Labute approximate surface area is 90.1 Å². The van der Waals surface area contributed by atoms with E-state index in [1.165, 1.54) is 11.3 Å². The maximum atomic E-state index is 4.56. The molecule has 0 aliphatic carbocycles. The summed E-state index contributed by atoms with van der Waals surface area (Å²) in [6.45, 7) is 5.16. The van der Waals surface area contributed by atoms with E-state index < -0.39 is 0 Å². The summed E-state index contributed by atoms with van der Waals surface area (Å²) in [7, 11) is 1.97. The fraction of sp³-hybridized carbons (Fsp3) is 0.417. The van der Waals surface area contributed by atoms with Gasteiger partial charge >= 0.3 is 0 Å². The van der Waals surface area contributed by atoms with Gasteiger partial charge < -0.3 is 9.72 Å². The molecule has 2 heterocycles. The lowest BCUT2D eigenvalue weighted by atomic mass is 10.2. The van der Waals surface area contributed by atoms with E-state index in [9.17, 15) is 0 Å². The molecule has 3 heteroatoms. The molecule has 0 amide bonds. The molecular weight excluding hydrogens is 186 g/mol. The Hall–Kier alpha value is -1.35. The van der Waals surface area contributed by atoms with Gasteiger partial charge in [0.15, 0.2) is 0 Å². The number of nitrogens with zero attached hydrogens (tertiary/aromatic N) is 2. The third-order valence-electron chi connectivity index (χ3n) is 2.69. The lowest BCUT2D eigenvalue weighted by Crippen LogP contribution is -2.12. The molecule has 0 saturated carbocycles. The fourth-order valence-corrected chi connectivity index (χ4v) is 1.86. The predicted octanol–water partition coefficient (Wildman–Crippen LogP) is 1.71. The van der Waals surface area contributed by atoms with Crippen molar-refractivity contribution in [2.75, 3.05) is 13.6 Å². The molecule has 3 nitrogen and oxygen atoms in total. The van der Waals surface area contributed by atoms with Crippen molar-refractivity contribution >= 4 is 5.65 Å². The summed E-state index contributed by atoms with van der Waals surface area (Å²) >= 11 is 0. The quantitative estimate of drug-likeness (QED) is 0.823. The predicted molar refractivity (Wildman–Crippen MR) is 62.3 cm³/mol. The van der Waals surface area contributed by atoms with Crippen molar-refractivity contribution in [2.45, 2.75) is 20.3 Å². The zero-order valence-corrected chi connectivity index (χ0v) is 9.54. The number of fused-ring (bicyclic) bond motifs is 1. The number of imidazole rings is 1. The molecule has 0 radical (unpaired) electrons. The molecule has 0 aliphatic rings. The van der Waals surface area contributed by atoms with Crippen LogP contribution in [0.4, 0.5) is 0 Å². The molecule has 2 aromatic rings. The lowest BCUT2D eigenvalue weighted by molar-refractivity contribution is 0.767. The molecule has 0 aliphatic heterocycles. The normalized spacial score (nSPS) is 11.1. The Balaban J connectivity index is 2.48. The van der Waals surface area contributed by atoms with Gasteiger partial charge in [-0.1, -0.05) is 0 Å². The topological polar surface area (TPSA) is 29.3 Å². The van der Waals surface area contributed by atoms with Crippen LogP contribution in [0.1, 0.15) is 17.0 Å². The van der Waals surface area contributed by atoms with Crippen molar-refractivity contribution in [3.8, 4) is 0 Å². The molecule has 0 atom stereocenters. The van der Waals surface area contributed by atoms with Gasteiger partial charge in [0, 0.05) is 24.9 Å². The molecule has 80 valence electrons. The molecule has 0 saturated heterocycles. The van der Waals surface area contributed by atoms with E-state index in [4.69, 9.17) is 0 Å². The van der Waals surface area contributed by atoms with Crippen LogP contribution in [-0.2, 0) is 6.42 Å². The summed E-state index contributed by atoms with van der Waals surface area (Å²) in [6.07, 6.45) is 3.13. The van der Waals surface area contributed by atoms with Crippen LogP contribution in [0.15, 0.2) is 18.3 Å². The fourth-order valence-electron chi connectivity index (χ4n) is 1.86. The molecule has 2 rings (SSSR count). The van der Waals surface area contributed by atoms with Crippen molar-refractivity contribution < 1.29 is 0 Å². The average molecular weight is 203 g/mol. The highest BCUT2D eigenvalue weighted by molar-refractivity contribution is 5.45. The highest BCUT2D eigenvalue weighted by atomic mass is 15.0. The van der Waals surface area contributed by atoms with Gasteiger partial charge in [-0.05, 0) is 38.6 Å². The first-order valence-corrected chi connectivity index (χ1v) is 5.31. The van der Waals surface area contributed by atoms with E-state index in [-0.39, 0.29) is 0 Å². The highest BCUT2D eigenvalue weighted by Gasteiger charge is 2.07. The lowest BCUT2D eigenvalue weighted by Gasteiger charge is -2.02. The molecule has 1 N–H and O–H groups in total. The number of aromatic nitrogens is 2. The van der Waals surface area contributed by atoms with Crippen LogP contribution in [-0.4, -0.2) is 23.0 Å². The number of likely N-dealkylation sites (N-methyl/N-ethyl adjacent to an activating group) is 1. The first kappa shape index (κ1) is 10.2. The Morgan fingerprint density at radius 3 is 2.93 bits per heavy atom. The summed E-state index contributed by atoms with van der Waals surface area (Å²) in [5.41, 5.74) is 4.75. The number of hydrogen-bond donors (Lipinski definition) is 1. The second-order valence-electron chi connectivity index (χ2n) is 3.93. The molecule has 0 unspecified atom stereocenters. The molecule has 0 spiro atoms. The average Bonchev–Trinajstić information content (AvgIpc) is 2.50. The first-order chi connectivity index (χ1) is 7.22. The van der Waals surface area contributed by atoms with Gasteiger partial charge in [-0.15, -0.1) is 0 Å². The second-order valence-corrected chi connectivity index (χ2v) is 3.93.